The van der Waals surface area contributed by atoms with E-state index < -0.39 is 0 Å². The second kappa shape index (κ2) is 9.97. The Kier molecular flexibility index (Phi) is 6.53. The fourth-order valence-corrected chi connectivity index (χ4v) is 6.77. The van der Waals surface area contributed by atoms with Gasteiger partial charge < -0.3 is 25.2 Å². The number of likely N-dealkylation sites (N-methyl/N-ethyl adjacent to an activating group) is 1. The van der Waals surface area contributed by atoms with E-state index in [9.17, 15) is 9.59 Å². The third-order valence-corrected chi connectivity index (χ3v) is 8.75. The fraction of sp³-hybridized carbons (Fsp3) is 0.552. The quantitative estimate of drug-likeness (QED) is 0.630. The molecule has 1 aromatic heterocycles. The zero-order valence-corrected chi connectivity index (χ0v) is 21.8. The number of piperidine rings is 1. The molecule has 2 amide bonds. The summed E-state index contributed by atoms with van der Waals surface area (Å²) in [5.74, 6) is 1.76. The molecular weight excluding hydrogens is 466 g/mol. The Bertz CT molecular complexity index is 1170. The average Bonchev–Trinajstić information content (AvgIpc) is 3.62. The van der Waals surface area contributed by atoms with Gasteiger partial charge in [-0.2, -0.15) is 0 Å². The second-order valence-electron chi connectivity index (χ2n) is 11.0. The van der Waals surface area contributed by atoms with Gasteiger partial charge in [0.15, 0.2) is 0 Å². The van der Waals surface area contributed by atoms with Gasteiger partial charge in [0.2, 0.25) is 0 Å². The van der Waals surface area contributed by atoms with Crippen molar-refractivity contribution in [2.24, 2.45) is 0 Å². The molecule has 2 aromatic rings. The Labute approximate surface area is 218 Å². The highest BCUT2D eigenvalue weighted by atomic mass is 16.5. The van der Waals surface area contributed by atoms with Gasteiger partial charge in [-0.25, -0.2) is 4.98 Å². The maximum Gasteiger partial charge on any atom is 0.253 e. The number of amides is 2. The molecule has 4 atom stereocenters. The molecule has 196 valence electrons. The van der Waals surface area contributed by atoms with Gasteiger partial charge >= 0.3 is 0 Å². The lowest BCUT2D eigenvalue weighted by molar-refractivity contribution is 0.0922. The normalized spacial score (nSPS) is 26.6. The third-order valence-electron chi connectivity index (χ3n) is 8.75. The summed E-state index contributed by atoms with van der Waals surface area (Å²) in [6.45, 7) is 7.81. The summed E-state index contributed by atoms with van der Waals surface area (Å²) in [5.41, 5.74) is 3.46. The highest BCUT2D eigenvalue weighted by Crippen LogP contribution is 2.39. The molecule has 0 aliphatic carbocycles. The first-order valence-electron chi connectivity index (χ1n) is 13.8. The summed E-state index contributed by atoms with van der Waals surface area (Å²) < 4.78 is 5.76. The summed E-state index contributed by atoms with van der Waals surface area (Å²) in [5, 5.41) is 6.47. The van der Waals surface area contributed by atoms with E-state index in [2.05, 4.69) is 27.4 Å². The molecule has 0 saturated carbocycles. The molecule has 4 aliphatic heterocycles. The number of fused-ring (bicyclic) bond motifs is 3. The Balaban J connectivity index is 1.07. The van der Waals surface area contributed by atoms with Crippen molar-refractivity contribution in [3.63, 3.8) is 0 Å². The molecule has 37 heavy (non-hydrogen) atoms. The summed E-state index contributed by atoms with van der Waals surface area (Å²) in [7, 11) is 0. The molecule has 3 fully saturated rings. The zero-order chi connectivity index (χ0) is 25.5. The van der Waals surface area contributed by atoms with Crippen molar-refractivity contribution in [2.75, 3.05) is 31.1 Å². The van der Waals surface area contributed by atoms with E-state index >= 15 is 0 Å². The number of pyridine rings is 1. The molecule has 8 heteroatoms. The number of nitrogens with one attached hydrogen (secondary N) is 2. The van der Waals surface area contributed by atoms with Crippen LogP contribution in [0.15, 0.2) is 30.5 Å². The van der Waals surface area contributed by atoms with E-state index in [1.54, 1.807) is 6.20 Å². The van der Waals surface area contributed by atoms with Gasteiger partial charge in [0.25, 0.3) is 11.8 Å². The minimum absolute atomic E-state index is 0.00791. The molecule has 2 bridgehead atoms. The lowest BCUT2D eigenvalue weighted by Crippen LogP contribution is -2.50. The first-order chi connectivity index (χ1) is 18.0. The predicted octanol–water partition coefficient (Wildman–Crippen LogP) is 3.08. The van der Waals surface area contributed by atoms with Crippen LogP contribution in [-0.2, 0) is 6.42 Å². The van der Waals surface area contributed by atoms with Crippen molar-refractivity contribution < 1.29 is 14.3 Å². The SMILES string of the molecule is CCN1CC[C@@H](NC(=O)c2ccc(N3[C@@H]4CC[C@H]3C[C@@H](NC(=O)c3ccc5c(c3C)OCC5)C4)nc2)C1. The Morgan fingerprint density at radius 2 is 1.81 bits per heavy atom. The van der Waals surface area contributed by atoms with Crippen molar-refractivity contribution in [3.8, 4) is 5.75 Å². The second-order valence-corrected chi connectivity index (χ2v) is 11.0. The molecular formula is C29H37N5O3. The number of hydrogen-bond donors (Lipinski definition) is 2. The van der Waals surface area contributed by atoms with Gasteiger partial charge in [-0.15, -0.1) is 0 Å². The lowest BCUT2D eigenvalue weighted by atomic mass is 9.96. The lowest BCUT2D eigenvalue weighted by Gasteiger charge is -2.40. The molecule has 0 spiro atoms. The highest BCUT2D eigenvalue weighted by molar-refractivity contribution is 5.97. The maximum absolute atomic E-state index is 13.1. The molecule has 4 aliphatic rings. The zero-order valence-electron chi connectivity index (χ0n) is 21.8. The van der Waals surface area contributed by atoms with Gasteiger partial charge in [0, 0.05) is 61.0 Å². The summed E-state index contributed by atoms with van der Waals surface area (Å²) in [6.07, 6.45) is 7.63. The average molecular weight is 504 g/mol. The first-order valence-corrected chi connectivity index (χ1v) is 13.8. The summed E-state index contributed by atoms with van der Waals surface area (Å²) in [4.78, 5) is 35.4. The van der Waals surface area contributed by atoms with Crippen LogP contribution in [0.1, 0.15) is 70.9 Å². The van der Waals surface area contributed by atoms with E-state index in [-0.39, 0.29) is 23.9 Å². The number of likely N-dealkylation sites (tertiary alicyclic amines) is 1. The monoisotopic (exact) mass is 503 g/mol. The van der Waals surface area contributed by atoms with Gasteiger partial charge in [0.05, 0.1) is 12.2 Å². The molecule has 2 N–H and O–H groups in total. The van der Waals surface area contributed by atoms with Crippen LogP contribution in [0.4, 0.5) is 5.82 Å². The van der Waals surface area contributed by atoms with E-state index in [0.29, 0.717) is 29.8 Å². The van der Waals surface area contributed by atoms with Crippen molar-refractivity contribution >= 4 is 17.6 Å². The molecule has 8 nitrogen and oxygen atoms in total. The number of rotatable bonds is 6. The number of aromatic nitrogens is 1. The molecule has 0 radical (unpaired) electrons. The van der Waals surface area contributed by atoms with Crippen LogP contribution in [0, 0.1) is 6.92 Å². The number of anilines is 1. The van der Waals surface area contributed by atoms with E-state index in [0.717, 1.165) is 75.3 Å². The Morgan fingerprint density at radius 3 is 2.51 bits per heavy atom. The van der Waals surface area contributed by atoms with Crippen molar-refractivity contribution in [3.05, 3.63) is 52.7 Å². The van der Waals surface area contributed by atoms with Crippen LogP contribution >= 0.6 is 0 Å². The Hall–Kier alpha value is -3.13. The number of carbonyl (C=O) groups excluding carboxylic acids is 2. The maximum atomic E-state index is 13.1. The number of carbonyl (C=O) groups is 2. The number of ether oxygens (including phenoxy) is 1. The predicted molar refractivity (Wildman–Crippen MR) is 142 cm³/mol. The molecule has 3 saturated heterocycles. The number of nitrogens with zero attached hydrogens (tertiary/aromatic N) is 3. The first kappa shape index (κ1) is 24.2. The molecule has 5 heterocycles. The van der Waals surface area contributed by atoms with E-state index in [4.69, 9.17) is 9.72 Å². The van der Waals surface area contributed by atoms with E-state index in [1.165, 1.54) is 5.56 Å². The van der Waals surface area contributed by atoms with Crippen molar-refractivity contribution in [2.45, 2.75) is 76.5 Å². The minimum Gasteiger partial charge on any atom is -0.493 e. The summed E-state index contributed by atoms with van der Waals surface area (Å²) >= 11 is 0. The fourth-order valence-electron chi connectivity index (χ4n) is 6.77. The molecule has 6 rings (SSSR count). The Morgan fingerprint density at radius 1 is 1.03 bits per heavy atom. The van der Waals surface area contributed by atoms with Crippen LogP contribution in [0.3, 0.4) is 0 Å². The minimum atomic E-state index is -0.0429. The number of benzene rings is 1. The topological polar surface area (TPSA) is 86.8 Å². The molecule has 0 unspecified atom stereocenters. The largest absolute Gasteiger partial charge is 0.493 e. The van der Waals surface area contributed by atoms with Crippen molar-refractivity contribution in [1.82, 2.24) is 20.5 Å². The van der Waals surface area contributed by atoms with Crippen LogP contribution in [0.2, 0.25) is 0 Å². The van der Waals surface area contributed by atoms with Crippen LogP contribution < -0.4 is 20.3 Å². The van der Waals surface area contributed by atoms with Crippen LogP contribution in [0.25, 0.3) is 0 Å². The van der Waals surface area contributed by atoms with Crippen LogP contribution in [-0.4, -0.2) is 72.1 Å². The third kappa shape index (κ3) is 4.67. The van der Waals surface area contributed by atoms with Gasteiger partial charge in [0.1, 0.15) is 11.6 Å². The van der Waals surface area contributed by atoms with Crippen molar-refractivity contribution in [1.29, 1.82) is 0 Å². The summed E-state index contributed by atoms with van der Waals surface area (Å²) in [6, 6.07) is 8.91. The number of hydrogen-bond acceptors (Lipinski definition) is 6. The van der Waals surface area contributed by atoms with Crippen LogP contribution in [0.5, 0.6) is 5.75 Å². The smallest absolute Gasteiger partial charge is 0.253 e. The molecule has 1 aromatic carbocycles. The van der Waals surface area contributed by atoms with E-state index in [1.807, 2.05) is 31.2 Å². The standard InChI is InChI=1S/C29H37N5O3/c1-3-33-12-10-21(17-33)31-28(35)20-5-9-26(30-16-20)34-23-6-7-24(34)15-22(14-23)32-29(36)25-8-4-19-11-13-37-27(19)18(25)2/h4-5,8-9,16,21-24H,3,6-7,10-15,17H2,1-2H3,(H,31,35)(H,32,36)/t21-,22-,23+,24-/m1/s1. The van der Waals surface area contributed by atoms with Gasteiger partial charge in [-0.1, -0.05) is 13.0 Å². The van der Waals surface area contributed by atoms with Gasteiger partial charge in [-0.05, 0) is 69.3 Å². The highest BCUT2D eigenvalue weighted by Gasteiger charge is 2.42. The van der Waals surface area contributed by atoms with Gasteiger partial charge in [-0.3, -0.25) is 9.59 Å².